The summed E-state index contributed by atoms with van der Waals surface area (Å²) in [5.41, 5.74) is 4.96. The van der Waals surface area contributed by atoms with Crippen LogP contribution in [0.4, 0.5) is 4.79 Å². The maximum Gasteiger partial charge on any atom is 0.314 e. The zero-order chi connectivity index (χ0) is 10.8. The highest BCUT2D eigenvalue weighted by Crippen LogP contribution is 1.91. The molecular weight excluding hydrogens is 182 g/mol. The molecule has 0 aromatic heterocycles. The van der Waals surface area contributed by atoms with E-state index in [1.165, 1.54) is 0 Å². The van der Waals surface area contributed by atoms with Crippen molar-refractivity contribution in [2.24, 2.45) is 5.73 Å². The molecule has 0 saturated heterocycles. The Balaban J connectivity index is 3.19. The molecule has 0 rings (SSSR count). The predicted molar refractivity (Wildman–Crippen MR) is 54.7 cm³/mol. The van der Waals surface area contributed by atoms with E-state index >= 15 is 0 Å². The lowest BCUT2D eigenvalue weighted by molar-refractivity contribution is -0.118. The number of unbranched alkanes of at least 4 members (excludes halogenated alkanes) is 1. The molecule has 0 radical (unpaired) electrons. The van der Waals surface area contributed by atoms with E-state index in [1.54, 1.807) is 0 Å². The van der Waals surface area contributed by atoms with Gasteiger partial charge in [0.2, 0.25) is 5.91 Å². The third-order valence-electron chi connectivity index (χ3n) is 1.67. The number of urea groups is 1. The molecule has 0 atom stereocenters. The van der Waals surface area contributed by atoms with Gasteiger partial charge in [-0.15, -0.1) is 0 Å². The Morgan fingerprint density at radius 3 is 2.36 bits per heavy atom. The summed E-state index contributed by atoms with van der Waals surface area (Å²) < 4.78 is 0. The number of hydrogen-bond donors (Lipinski definition) is 3. The third-order valence-corrected chi connectivity index (χ3v) is 1.67. The number of primary amides is 1. The lowest BCUT2D eigenvalue weighted by Gasteiger charge is -2.05. The number of hydrogen-bond acceptors (Lipinski definition) is 2. The average Bonchev–Trinajstić information content (AvgIpc) is 2.13. The van der Waals surface area contributed by atoms with E-state index in [9.17, 15) is 9.59 Å². The first-order valence-corrected chi connectivity index (χ1v) is 4.96. The van der Waals surface area contributed by atoms with Crippen LogP contribution in [-0.2, 0) is 4.79 Å². The summed E-state index contributed by atoms with van der Waals surface area (Å²) in [4.78, 5) is 21.3. The molecule has 0 aliphatic rings. The number of amides is 3. The molecule has 4 N–H and O–H groups in total. The van der Waals surface area contributed by atoms with Crippen molar-refractivity contribution in [3.05, 3.63) is 0 Å². The number of rotatable bonds is 7. The van der Waals surface area contributed by atoms with Gasteiger partial charge in [0.1, 0.15) is 0 Å². The molecule has 5 heteroatoms. The van der Waals surface area contributed by atoms with E-state index in [0.717, 1.165) is 19.3 Å². The molecular formula is C9H19N3O2. The first kappa shape index (κ1) is 12.7. The summed E-state index contributed by atoms with van der Waals surface area (Å²) in [5, 5.41) is 5.38. The van der Waals surface area contributed by atoms with Gasteiger partial charge in [-0.25, -0.2) is 4.79 Å². The van der Waals surface area contributed by atoms with Crippen LogP contribution in [0.2, 0.25) is 0 Å². The summed E-state index contributed by atoms with van der Waals surface area (Å²) in [6, 6.07) is -0.147. The Morgan fingerprint density at radius 2 is 1.79 bits per heavy atom. The van der Waals surface area contributed by atoms with E-state index in [1.807, 2.05) is 6.92 Å². The van der Waals surface area contributed by atoms with E-state index in [4.69, 9.17) is 5.73 Å². The summed E-state index contributed by atoms with van der Waals surface area (Å²) in [6.45, 7) is 3.27. The highest BCUT2D eigenvalue weighted by molar-refractivity contribution is 5.74. The number of nitrogens with one attached hydrogen (secondary N) is 2. The Kier molecular flexibility index (Phi) is 7.59. The van der Waals surface area contributed by atoms with Gasteiger partial charge in [0.15, 0.2) is 0 Å². The van der Waals surface area contributed by atoms with Gasteiger partial charge in [0.05, 0.1) is 0 Å². The molecule has 0 aromatic carbocycles. The van der Waals surface area contributed by atoms with E-state index in [-0.39, 0.29) is 11.9 Å². The van der Waals surface area contributed by atoms with Gasteiger partial charge < -0.3 is 16.4 Å². The van der Waals surface area contributed by atoms with Gasteiger partial charge >= 0.3 is 6.03 Å². The maximum atomic E-state index is 11.0. The van der Waals surface area contributed by atoms with Crippen LogP contribution in [0.3, 0.4) is 0 Å². The monoisotopic (exact) mass is 201 g/mol. The first-order valence-electron chi connectivity index (χ1n) is 4.96. The van der Waals surface area contributed by atoms with Crippen molar-refractivity contribution in [2.45, 2.75) is 32.6 Å². The molecule has 0 unspecified atom stereocenters. The molecule has 5 nitrogen and oxygen atoms in total. The van der Waals surface area contributed by atoms with Crippen LogP contribution in [0.1, 0.15) is 32.6 Å². The molecule has 3 amide bonds. The van der Waals surface area contributed by atoms with Crippen LogP contribution in [-0.4, -0.2) is 25.0 Å². The summed E-state index contributed by atoms with van der Waals surface area (Å²) in [7, 11) is 0. The lowest BCUT2D eigenvalue weighted by atomic mass is 10.2. The van der Waals surface area contributed by atoms with Crippen LogP contribution < -0.4 is 16.4 Å². The number of carbonyl (C=O) groups excluding carboxylic acids is 2. The molecule has 0 aromatic rings. The Labute approximate surface area is 84.4 Å². The largest absolute Gasteiger partial charge is 0.370 e. The van der Waals surface area contributed by atoms with Crippen molar-refractivity contribution in [3.63, 3.8) is 0 Å². The van der Waals surface area contributed by atoms with Gasteiger partial charge in [0, 0.05) is 19.5 Å². The predicted octanol–water partition coefficient (Wildman–Crippen LogP) is 0.351. The molecule has 0 aliphatic heterocycles. The standard InChI is InChI=1S/C9H19N3O2/c1-2-6-11-9(14)12-7-4-3-5-8(10)13/h2-7H2,1H3,(H2,10,13)(H2,11,12,14). The van der Waals surface area contributed by atoms with E-state index in [0.29, 0.717) is 19.5 Å². The van der Waals surface area contributed by atoms with Crippen molar-refractivity contribution in [2.75, 3.05) is 13.1 Å². The normalized spacial score (nSPS) is 9.50. The van der Waals surface area contributed by atoms with Gasteiger partial charge in [-0.3, -0.25) is 4.79 Å². The molecule has 0 aliphatic carbocycles. The lowest BCUT2D eigenvalue weighted by Crippen LogP contribution is -2.36. The summed E-state index contributed by atoms with van der Waals surface area (Å²) in [5.74, 6) is -0.291. The van der Waals surface area contributed by atoms with Crippen LogP contribution in [0, 0.1) is 0 Å². The summed E-state index contributed by atoms with van der Waals surface area (Å²) >= 11 is 0. The van der Waals surface area contributed by atoms with Crippen molar-refractivity contribution in [3.8, 4) is 0 Å². The minimum Gasteiger partial charge on any atom is -0.370 e. The molecule has 14 heavy (non-hydrogen) atoms. The van der Waals surface area contributed by atoms with Gasteiger partial charge in [-0.2, -0.15) is 0 Å². The van der Waals surface area contributed by atoms with Crippen molar-refractivity contribution in [1.82, 2.24) is 10.6 Å². The molecule has 0 spiro atoms. The second-order valence-electron chi connectivity index (χ2n) is 3.11. The maximum absolute atomic E-state index is 11.0. The van der Waals surface area contributed by atoms with E-state index in [2.05, 4.69) is 10.6 Å². The molecule has 0 heterocycles. The topological polar surface area (TPSA) is 84.2 Å². The fourth-order valence-corrected chi connectivity index (χ4v) is 0.927. The zero-order valence-corrected chi connectivity index (χ0v) is 8.64. The van der Waals surface area contributed by atoms with Gasteiger partial charge in [-0.05, 0) is 19.3 Å². The van der Waals surface area contributed by atoms with Crippen molar-refractivity contribution >= 4 is 11.9 Å². The highest BCUT2D eigenvalue weighted by Gasteiger charge is 1.98. The minimum absolute atomic E-state index is 0.147. The molecule has 0 saturated carbocycles. The fourth-order valence-electron chi connectivity index (χ4n) is 0.927. The smallest absolute Gasteiger partial charge is 0.314 e. The van der Waals surface area contributed by atoms with Crippen LogP contribution in [0.25, 0.3) is 0 Å². The highest BCUT2D eigenvalue weighted by atomic mass is 16.2. The number of carbonyl (C=O) groups is 2. The fraction of sp³-hybridized carbons (Fsp3) is 0.778. The van der Waals surface area contributed by atoms with Gasteiger partial charge in [-0.1, -0.05) is 6.92 Å². The van der Waals surface area contributed by atoms with Crippen molar-refractivity contribution in [1.29, 1.82) is 0 Å². The molecule has 0 bridgehead atoms. The second-order valence-corrected chi connectivity index (χ2v) is 3.11. The van der Waals surface area contributed by atoms with Crippen LogP contribution in [0.5, 0.6) is 0 Å². The second kappa shape index (κ2) is 8.34. The third kappa shape index (κ3) is 8.83. The van der Waals surface area contributed by atoms with Crippen LogP contribution in [0.15, 0.2) is 0 Å². The molecule has 0 fully saturated rings. The Bertz CT molecular complexity index is 183. The Morgan fingerprint density at radius 1 is 1.14 bits per heavy atom. The zero-order valence-electron chi connectivity index (χ0n) is 8.64. The number of nitrogens with two attached hydrogens (primary N) is 1. The quantitative estimate of drug-likeness (QED) is 0.519. The van der Waals surface area contributed by atoms with Gasteiger partial charge in [0.25, 0.3) is 0 Å². The van der Waals surface area contributed by atoms with E-state index < -0.39 is 0 Å². The molecule has 82 valence electrons. The Hall–Kier alpha value is -1.26. The minimum atomic E-state index is -0.291. The van der Waals surface area contributed by atoms with Crippen molar-refractivity contribution < 1.29 is 9.59 Å². The van der Waals surface area contributed by atoms with Crippen LogP contribution >= 0.6 is 0 Å². The first-order chi connectivity index (χ1) is 6.66. The average molecular weight is 201 g/mol. The summed E-state index contributed by atoms with van der Waals surface area (Å²) in [6.07, 6.45) is 2.82. The SMILES string of the molecule is CCCNC(=O)NCCCCC(N)=O.